The molecule has 0 bridgehead atoms. The zero-order valence-electron chi connectivity index (χ0n) is 17.5. The first-order valence-corrected chi connectivity index (χ1v) is 10.0. The zero-order chi connectivity index (χ0) is 22.8. The summed E-state index contributed by atoms with van der Waals surface area (Å²) < 4.78 is 9.27. The van der Waals surface area contributed by atoms with Gasteiger partial charge >= 0.3 is 0 Å². The number of carbonyl (C=O) groups is 1. The van der Waals surface area contributed by atoms with Gasteiger partial charge in [0, 0.05) is 30.4 Å². The van der Waals surface area contributed by atoms with Crippen molar-refractivity contribution in [1.29, 1.82) is 5.26 Å². The molecule has 0 saturated heterocycles. The third-order valence-electron chi connectivity index (χ3n) is 4.99. The second-order valence-electron chi connectivity index (χ2n) is 7.21. The van der Waals surface area contributed by atoms with Crippen LogP contribution < -0.4 is 10.1 Å². The third kappa shape index (κ3) is 4.13. The molecule has 9 heteroatoms. The molecule has 0 saturated carbocycles. The Hall–Kier alpha value is -4.97. The van der Waals surface area contributed by atoms with Gasteiger partial charge in [0.1, 0.15) is 5.75 Å². The second kappa shape index (κ2) is 8.28. The maximum atomic E-state index is 12.5. The average molecular weight is 435 g/mol. The predicted octanol–water partition coefficient (Wildman–Crippen LogP) is 4.05. The molecule has 0 unspecified atom stereocenters. The molecule has 0 atom stereocenters. The van der Waals surface area contributed by atoms with E-state index < -0.39 is 0 Å². The van der Waals surface area contributed by atoms with Crippen LogP contribution in [0.4, 0.5) is 5.82 Å². The first-order valence-electron chi connectivity index (χ1n) is 10.0. The third-order valence-corrected chi connectivity index (χ3v) is 4.99. The first kappa shape index (κ1) is 20.0. The molecule has 5 rings (SSSR count). The average Bonchev–Trinajstić information content (AvgIpc) is 3.44. The van der Waals surface area contributed by atoms with E-state index in [-0.39, 0.29) is 5.91 Å². The number of amides is 1. The van der Waals surface area contributed by atoms with Gasteiger partial charge in [-0.25, -0.2) is 9.50 Å². The Balaban J connectivity index is 1.34. The van der Waals surface area contributed by atoms with Crippen molar-refractivity contribution in [3.63, 3.8) is 0 Å². The van der Waals surface area contributed by atoms with Crippen LogP contribution >= 0.6 is 0 Å². The predicted molar refractivity (Wildman–Crippen MR) is 121 cm³/mol. The molecule has 33 heavy (non-hydrogen) atoms. The van der Waals surface area contributed by atoms with Gasteiger partial charge in [0.05, 0.1) is 23.5 Å². The highest BCUT2D eigenvalue weighted by atomic mass is 16.5. The Bertz CT molecular complexity index is 1510. The molecule has 160 valence electrons. The molecule has 1 N–H and O–H groups in total. The fourth-order valence-electron chi connectivity index (χ4n) is 3.36. The summed E-state index contributed by atoms with van der Waals surface area (Å²) in [6.07, 6.45) is 3.35. The summed E-state index contributed by atoms with van der Waals surface area (Å²) >= 11 is 0. The molecular weight excluding hydrogens is 418 g/mol. The monoisotopic (exact) mass is 435 g/mol. The lowest BCUT2D eigenvalue weighted by Gasteiger charge is -2.07. The number of aromatic nitrogens is 5. The largest absolute Gasteiger partial charge is 0.438 e. The number of hydrogen-bond donors (Lipinski definition) is 1. The summed E-state index contributed by atoms with van der Waals surface area (Å²) in [5.41, 5.74) is 3.42. The lowest BCUT2D eigenvalue weighted by molar-refractivity contribution is 0.102. The van der Waals surface area contributed by atoms with Crippen LogP contribution in [-0.4, -0.2) is 30.3 Å². The maximum Gasteiger partial charge on any atom is 0.256 e. The SMILES string of the molecule is Cn1nccc1-c1cccc(Oc2ccc3nc(NC(=O)c4ccc(C#N)cc4)cn3n2)c1. The Morgan fingerprint density at radius 1 is 1.09 bits per heavy atom. The van der Waals surface area contributed by atoms with Crippen molar-refractivity contribution in [3.05, 3.63) is 90.3 Å². The van der Waals surface area contributed by atoms with E-state index in [1.807, 2.05) is 43.4 Å². The molecule has 0 fully saturated rings. The van der Waals surface area contributed by atoms with Crippen LogP contribution in [0.15, 0.2) is 79.1 Å². The van der Waals surface area contributed by atoms with E-state index in [1.165, 1.54) is 4.52 Å². The van der Waals surface area contributed by atoms with Gasteiger partial charge in [-0.15, -0.1) is 5.10 Å². The summed E-state index contributed by atoms with van der Waals surface area (Å²) in [5, 5.41) is 20.3. The highest BCUT2D eigenvalue weighted by Crippen LogP contribution is 2.26. The van der Waals surface area contributed by atoms with Gasteiger partial charge in [-0.2, -0.15) is 10.4 Å². The van der Waals surface area contributed by atoms with Crippen molar-refractivity contribution < 1.29 is 9.53 Å². The van der Waals surface area contributed by atoms with Crippen LogP contribution in [0.2, 0.25) is 0 Å². The molecule has 3 heterocycles. The Morgan fingerprint density at radius 2 is 1.94 bits per heavy atom. The van der Waals surface area contributed by atoms with E-state index in [9.17, 15) is 4.79 Å². The molecule has 2 aromatic carbocycles. The van der Waals surface area contributed by atoms with Crippen molar-refractivity contribution >= 4 is 17.4 Å². The topological polar surface area (TPSA) is 110 Å². The van der Waals surface area contributed by atoms with Crippen LogP contribution in [0.3, 0.4) is 0 Å². The number of rotatable bonds is 5. The summed E-state index contributed by atoms with van der Waals surface area (Å²) in [6.45, 7) is 0. The standard InChI is InChI=1S/C24H17N7O2/c1-30-20(11-12-26-30)18-3-2-4-19(13-18)33-23-10-9-22-27-21(15-31(22)29-23)28-24(32)17-7-5-16(14-25)6-8-17/h2-13,15H,1H3,(H,28,32). The van der Waals surface area contributed by atoms with Crippen molar-refractivity contribution in [1.82, 2.24) is 24.4 Å². The number of benzene rings is 2. The minimum absolute atomic E-state index is 0.327. The molecule has 0 radical (unpaired) electrons. The van der Waals surface area contributed by atoms with Gasteiger partial charge in [-0.3, -0.25) is 9.48 Å². The minimum Gasteiger partial charge on any atom is -0.438 e. The number of ether oxygens (including phenoxy) is 1. The molecule has 0 spiro atoms. The van der Waals surface area contributed by atoms with E-state index >= 15 is 0 Å². The van der Waals surface area contributed by atoms with Crippen LogP contribution in [0.5, 0.6) is 11.6 Å². The summed E-state index contributed by atoms with van der Waals surface area (Å²) in [7, 11) is 1.88. The fourth-order valence-corrected chi connectivity index (χ4v) is 3.36. The number of hydrogen-bond acceptors (Lipinski definition) is 6. The van der Waals surface area contributed by atoms with Gasteiger partial charge in [0.2, 0.25) is 5.88 Å². The van der Waals surface area contributed by atoms with E-state index in [0.717, 1.165) is 11.3 Å². The number of carbonyl (C=O) groups excluding carboxylic acids is 1. The smallest absolute Gasteiger partial charge is 0.256 e. The summed E-state index contributed by atoms with van der Waals surface area (Å²) in [5.74, 6) is 1.04. The molecule has 0 aliphatic heterocycles. The van der Waals surface area contributed by atoms with Crippen molar-refractivity contribution in [2.24, 2.45) is 7.05 Å². The van der Waals surface area contributed by atoms with Gasteiger partial charge in [-0.05, 0) is 48.5 Å². The fraction of sp³-hybridized carbons (Fsp3) is 0.0417. The van der Waals surface area contributed by atoms with Gasteiger partial charge < -0.3 is 10.1 Å². The van der Waals surface area contributed by atoms with E-state index in [0.29, 0.717) is 34.2 Å². The normalized spacial score (nSPS) is 10.7. The molecular formula is C24H17N7O2. The van der Waals surface area contributed by atoms with E-state index in [2.05, 4.69) is 20.5 Å². The molecule has 1 amide bonds. The highest BCUT2D eigenvalue weighted by molar-refractivity contribution is 6.03. The van der Waals surface area contributed by atoms with Crippen molar-refractivity contribution in [2.45, 2.75) is 0 Å². The van der Waals surface area contributed by atoms with Crippen LogP contribution in [0.1, 0.15) is 15.9 Å². The number of anilines is 1. The summed E-state index contributed by atoms with van der Waals surface area (Å²) in [4.78, 5) is 16.8. The number of nitrogens with zero attached hydrogens (tertiary/aromatic N) is 6. The minimum atomic E-state index is -0.327. The van der Waals surface area contributed by atoms with Gasteiger partial charge in [0.15, 0.2) is 11.5 Å². The Kier molecular flexibility index (Phi) is 5.01. The van der Waals surface area contributed by atoms with Crippen molar-refractivity contribution in [3.8, 4) is 29.0 Å². The highest BCUT2D eigenvalue weighted by Gasteiger charge is 2.11. The Morgan fingerprint density at radius 3 is 2.70 bits per heavy atom. The molecule has 0 aliphatic rings. The number of fused-ring (bicyclic) bond motifs is 1. The maximum absolute atomic E-state index is 12.5. The summed E-state index contributed by atoms with van der Waals surface area (Å²) in [6, 6.07) is 21.4. The van der Waals surface area contributed by atoms with Gasteiger partial charge in [0.25, 0.3) is 5.91 Å². The van der Waals surface area contributed by atoms with Crippen molar-refractivity contribution in [2.75, 3.05) is 5.32 Å². The van der Waals surface area contributed by atoms with E-state index in [4.69, 9.17) is 10.00 Å². The van der Waals surface area contributed by atoms with Crippen LogP contribution in [0.25, 0.3) is 16.9 Å². The number of aryl methyl sites for hydroxylation is 1. The quantitative estimate of drug-likeness (QED) is 0.446. The molecule has 5 aromatic rings. The number of imidazole rings is 1. The molecule has 0 aliphatic carbocycles. The Labute approximate surface area is 188 Å². The van der Waals surface area contributed by atoms with Crippen LogP contribution in [-0.2, 0) is 7.05 Å². The molecule has 3 aromatic heterocycles. The number of nitrogens with one attached hydrogen (secondary N) is 1. The van der Waals surface area contributed by atoms with E-state index in [1.54, 1.807) is 53.5 Å². The second-order valence-corrected chi connectivity index (χ2v) is 7.21. The van der Waals surface area contributed by atoms with Crippen LogP contribution in [0, 0.1) is 11.3 Å². The lowest BCUT2D eigenvalue weighted by atomic mass is 10.1. The first-order chi connectivity index (χ1) is 16.1. The lowest BCUT2D eigenvalue weighted by Crippen LogP contribution is -2.11. The zero-order valence-corrected chi connectivity index (χ0v) is 17.5. The number of nitriles is 1. The van der Waals surface area contributed by atoms with Gasteiger partial charge in [-0.1, -0.05) is 12.1 Å². The molecule has 9 nitrogen and oxygen atoms in total.